The van der Waals surface area contributed by atoms with E-state index in [1.807, 2.05) is 10.9 Å². The summed E-state index contributed by atoms with van der Waals surface area (Å²) in [6, 6.07) is -0.0686. The highest BCUT2D eigenvalue weighted by atomic mass is 79.9. The van der Waals surface area contributed by atoms with Crippen LogP contribution in [0.15, 0.2) is 10.7 Å². The minimum Gasteiger partial charge on any atom is -0.321 e. The molecular formula is C13H25BrN4. The minimum atomic E-state index is -0.0754. The Morgan fingerprint density at radius 3 is 2.56 bits per heavy atom. The first-order chi connectivity index (χ1) is 8.38. The van der Waals surface area contributed by atoms with Gasteiger partial charge in [-0.25, -0.2) is 0 Å². The van der Waals surface area contributed by atoms with Gasteiger partial charge in [0.15, 0.2) is 0 Å². The lowest BCUT2D eigenvalue weighted by molar-refractivity contribution is 0.127. The summed E-state index contributed by atoms with van der Waals surface area (Å²) < 4.78 is 3.02. The summed E-state index contributed by atoms with van der Waals surface area (Å²) in [5, 5.41) is 4.40. The first-order valence-corrected chi connectivity index (χ1v) is 7.32. The first kappa shape index (κ1) is 15.7. The van der Waals surface area contributed by atoms with Crippen LogP contribution in [0.5, 0.6) is 0 Å². The molecule has 1 rings (SSSR count). The summed E-state index contributed by atoms with van der Waals surface area (Å²) in [4.78, 5) is 2.20. The Bertz CT molecular complexity index is 388. The maximum atomic E-state index is 6.53. The molecule has 18 heavy (non-hydrogen) atoms. The van der Waals surface area contributed by atoms with E-state index in [-0.39, 0.29) is 11.6 Å². The molecule has 4 nitrogen and oxygen atoms in total. The molecule has 0 spiro atoms. The molecular weight excluding hydrogens is 292 g/mol. The topological polar surface area (TPSA) is 47.1 Å². The number of halogens is 1. The van der Waals surface area contributed by atoms with Crippen LogP contribution in [0.4, 0.5) is 0 Å². The van der Waals surface area contributed by atoms with Crippen molar-refractivity contribution < 1.29 is 0 Å². The lowest BCUT2D eigenvalue weighted by Crippen LogP contribution is -2.50. The van der Waals surface area contributed by atoms with Crippen LogP contribution < -0.4 is 5.73 Å². The van der Waals surface area contributed by atoms with Crippen molar-refractivity contribution in [1.82, 2.24) is 14.7 Å². The number of nitrogens with zero attached hydrogens (tertiary/aromatic N) is 3. The highest BCUT2D eigenvalue weighted by Gasteiger charge is 2.36. The Balaban J connectivity index is 3.16. The maximum absolute atomic E-state index is 6.53. The van der Waals surface area contributed by atoms with Gasteiger partial charge < -0.3 is 10.6 Å². The van der Waals surface area contributed by atoms with Crippen molar-refractivity contribution in [1.29, 1.82) is 0 Å². The Morgan fingerprint density at radius 2 is 2.11 bits per heavy atom. The number of nitrogens with two attached hydrogens (primary N) is 1. The Hall–Kier alpha value is -0.390. The molecule has 0 aromatic carbocycles. The van der Waals surface area contributed by atoms with Crippen molar-refractivity contribution in [2.75, 3.05) is 14.1 Å². The first-order valence-electron chi connectivity index (χ1n) is 6.52. The molecule has 0 aliphatic rings. The predicted octanol–water partition coefficient (Wildman–Crippen LogP) is 2.79. The predicted molar refractivity (Wildman–Crippen MR) is 79.5 cm³/mol. The van der Waals surface area contributed by atoms with Crippen LogP contribution in [-0.2, 0) is 6.54 Å². The average Bonchev–Trinajstić information content (AvgIpc) is 2.68. The zero-order valence-electron chi connectivity index (χ0n) is 12.1. The van der Waals surface area contributed by atoms with E-state index in [1.165, 1.54) is 0 Å². The molecule has 1 heterocycles. The quantitative estimate of drug-likeness (QED) is 0.877. The standard InChI is InChI=1S/C13H25BrN4/c1-6-8-18-11(10(14)9-16-18)12(15)13(3,7-2)17(4)5/h9,12H,6-8,15H2,1-5H3. The summed E-state index contributed by atoms with van der Waals surface area (Å²) in [7, 11) is 4.16. The SMILES string of the molecule is CCCn1ncc(Br)c1C(N)C(C)(CC)N(C)C. The molecule has 1 aromatic heterocycles. The fourth-order valence-corrected chi connectivity index (χ4v) is 2.72. The molecule has 0 bridgehead atoms. The van der Waals surface area contributed by atoms with Gasteiger partial charge in [0.1, 0.15) is 0 Å². The second-order valence-electron chi connectivity index (χ2n) is 5.18. The molecule has 0 amide bonds. The summed E-state index contributed by atoms with van der Waals surface area (Å²) >= 11 is 3.58. The monoisotopic (exact) mass is 316 g/mol. The van der Waals surface area contributed by atoms with E-state index >= 15 is 0 Å². The van der Waals surface area contributed by atoms with Crippen molar-refractivity contribution >= 4 is 15.9 Å². The molecule has 0 aliphatic heterocycles. The van der Waals surface area contributed by atoms with Crippen LogP contribution in [0, 0.1) is 0 Å². The van der Waals surface area contributed by atoms with E-state index in [4.69, 9.17) is 5.73 Å². The molecule has 0 saturated carbocycles. The Kier molecular flexibility index (Phi) is 5.37. The van der Waals surface area contributed by atoms with Gasteiger partial charge in [-0.3, -0.25) is 4.68 Å². The van der Waals surface area contributed by atoms with Gasteiger partial charge in [0.05, 0.1) is 22.4 Å². The highest BCUT2D eigenvalue weighted by molar-refractivity contribution is 9.10. The van der Waals surface area contributed by atoms with Crippen LogP contribution in [-0.4, -0.2) is 34.3 Å². The van der Waals surface area contributed by atoms with Gasteiger partial charge in [0.25, 0.3) is 0 Å². The number of aromatic nitrogens is 2. The molecule has 0 saturated heterocycles. The third-order valence-electron chi connectivity index (χ3n) is 3.97. The zero-order valence-corrected chi connectivity index (χ0v) is 13.7. The number of likely N-dealkylation sites (N-methyl/N-ethyl adjacent to an activating group) is 1. The normalized spacial score (nSPS) is 16.9. The summed E-state index contributed by atoms with van der Waals surface area (Å²) in [6.45, 7) is 7.43. The summed E-state index contributed by atoms with van der Waals surface area (Å²) in [5.41, 5.74) is 7.55. The molecule has 104 valence electrons. The van der Waals surface area contributed by atoms with Gasteiger partial charge in [-0.05, 0) is 49.8 Å². The number of hydrogen-bond donors (Lipinski definition) is 1. The number of aryl methyl sites for hydroxylation is 1. The van der Waals surface area contributed by atoms with E-state index in [9.17, 15) is 0 Å². The smallest absolute Gasteiger partial charge is 0.0712 e. The average molecular weight is 317 g/mol. The van der Waals surface area contributed by atoms with E-state index in [0.29, 0.717) is 0 Å². The molecule has 0 fully saturated rings. The molecule has 2 N–H and O–H groups in total. The Labute approximate surface area is 119 Å². The van der Waals surface area contributed by atoms with Gasteiger partial charge in [-0.15, -0.1) is 0 Å². The number of rotatable bonds is 6. The Morgan fingerprint density at radius 1 is 1.50 bits per heavy atom. The molecule has 2 atom stereocenters. The van der Waals surface area contributed by atoms with Crippen LogP contribution in [0.3, 0.4) is 0 Å². The molecule has 0 radical (unpaired) electrons. The van der Waals surface area contributed by atoms with Gasteiger partial charge in [0, 0.05) is 12.1 Å². The fourth-order valence-electron chi connectivity index (χ4n) is 2.18. The summed E-state index contributed by atoms with van der Waals surface area (Å²) in [6.07, 6.45) is 3.89. The van der Waals surface area contributed by atoms with Crippen LogP contribution in [0.2, 0.25) is 0 Å². The van der Waals surface area contributed by atoms with Crippen LogP contribution in [0.1, 0.15) is 45.3 Å². The second kappa shape index (κ2) is 6.17. The van der Waals surface area contributed by atoms with E-state index < -0.39 is 0 Å². The van der Waals surface area contributed by atoms with Crippen molar-refractivity contribution in [3.8, 4) is 0 Å². The van der Waals surface area contributed by atoms with Crippen LogP contribution in [0.25, 0.3) is 0 Å². The second-order valence-corrected chi connectivity index (χ2v) is 6.04. The van der Waals surface area contributed by atoms with Gasteiger partial charge in [-0.2, -0.15) is 5.10 Å². The third kappa shape index (κ3) is 2.78. The van der Waals surface area contributed by atoms with Crippen LogP contribution >= 0.6 is 15.9 Å². The lowest BCUT2D eigenvalue weighted by Gasteiger charge is -2.41. The third-order valence-corrected chi connectivity index (χ3v) is 4.58. The van der Waals surface area contributed by atoms with Gasteiger partial charge in [0.2, 0.25) is 0 Å². The minimum absolute atomic E-state index is 0.0686. The zero-order chi connectivity index (χ0) is 13.9. The van der Waals surface area contributed by atoms with E-state index in [1.54, 1.807) is 0 Å². The molecule has 1 aromatic rings. The van der Waals surface area contributed by atoms with Gasteiger partial charge >= 0.3 is 0 Å². The van der Waals surface area contributed by atoms with Gasteiger partial charge in [-0.1, -0.05) is 13.8 Å². The highest BCUT2D eigenvalue weighted by Crippen LogP contribution is 2.34. The molecule has 2 unspecified atom stereocenters. The number of hydrogen-bond acceptors (Lipinski definition) is 3. The van der Waals surface area contributed by atoms with Crippen molar-refractivity contribution in [2.45, 2.75) is 51.7 Å². The maximum Gasteiger partial charge on any atom is 0.0712 e. The lowest BCUT2D eigenvalue weighted by atomic mass is 9.86. The summed E-state index contributed by atoms with van der Waals surface area (Å²) in [5.74, 6) is 0. The molecule has 5 heteroatoms. The van der Waals surface area contributed by atoms with E-state index in [0.717, 1.165) is 29.6 Å². The van der Waals surface area contributed by atoms with E-state index in [2.05, 4.69) is 60.8 Å². The fraction of sp³-hybridized carbons (Fsp3) is 0.769. The molecule has 0 aliphatic carbocycles. The van der Waals surface area contributed by atoms with Crippen molar-refractivity contribution in [2.24, 2.45) is 5.73 Å². The van der Waals surface area contributed by atoms with Crippen molar-refractivity contribution in [3.05, 3.63) is 16.4 Å². The largest absolute Gasteiger partial charge is 0.321 e. The van der Waals surface area contributed by atoms with Crippen molar-refractivity contribution in [3.63, 3.8) is 0 Å².